The molecule has 0 N–H and O–H groups in total. The van der Waals surface area contributed by atoms with Crippen LogP contribution in [0.5, 0.6) is 0 Å². The normalized spacial score (nSPS) is 40.8. The number of ether oxygens (including phenoxy) is 1. The third-order valence-corrected chi connectivity index (χ3v) is 10.7. The lowest BCUT2D eigenvalue weighted by atomic mass is 9.47. The summed E-state index contributed by atoms with van der Waals surface area (Å²) in [6.07, 6.45) is 23.7. The number of allylic oxidation sites excluding steroid dienone is 1. The lowest BCUT2D eigenvalue weighted by molar-refractivity contribution is -0.151. The van der Waals surface area contributed by atoms with Gasteiger partial charge in [-0.05, 0) is 85.9 Å². The predicted octanol–water partition coefficient (Wildman–Crippen LogP) is 8.64. The highest BCUT2D eigenvalue weighted by molar-refractivity contribution is 5.69. The maximum absolute atomic E-state index is 11.8. The van der Waals surface area contributed by atoms with Crippen LogP contribution >= 0.6 is 0 Å². The Hall–Kier alpha value is -0.790. The number of esters is 1. The molecule has 0 spiro atoms. The van der Waals surface area contributed by atoms with Crippen molar-refractivity contribution in [2.75, 3.05) is 0 Å². The molecule has 0 aromatic heterocycles. The first kappa shape index (κ1) is 24.3. The molecule has 0 aliphatic heterocycles. The minimum absolute atomic E-state index is 0.0244. The van der Waals surface area contributed by atoms with E-state index in [-0.39, 0.29) is 12.1 Å². The molecule has 0 aromatic carbocycles. The quantitative estimate of drug-likeness (QED) is 0.203. The van der Waals surface area contributed by atoms with Crippen molar-refractivity contribution in [1.82, 2.24) is 0 Å². The molecule has 4 rings (SSSR count). The number of unbranched alkanes of at least 4 members (excludes halogenated alkanes) is 5. The van der Waals surface area contributed by atoms with Crippen LogP contribution in [-0.4, -0.2) is 12.1 Å². The highest BCUT2D eigenvalue weighted by Crippen LogP contribution is 2.66. The molecule has 0 saturated heterocycles. The van der Waals surface area contributed by atoms with Gasteiger partial charge >= 0.3 is 5.97 Å². The Morgan fingerprint density at radius 3 is 2.53 bits per heavy atom. The highest BCUT2D eigenvalue weighted by Gasteiger charge is 2.58. The van der Waals surface area contributed by atoms with Crippen molar-refractivity contribution in [1.29, 1.82) is 0 Å². The first-order chi connectivity index (χ1) is 15.4. The third kappa shape index (κ3) is 4.58. The Morgan fingerprint density at radius 2 is 1.75 bits per heavy atom. The molecule has 4 aliphatic rings. The fraction of sp³-hybridized carbons (Fsp3) is 0.900. The van der Waals surface area contributed by atoms with E-state index in [9.17, 15) is 4.79 Å². The van der Waals surface area contributed by atoms with Crippen LogP contribution < -0.4 is 0 Å². The molecule has 0 heterocycles. The van der Waals surface area contributed by atoms with E-state index in [0.29, 0.717) is 17.3 Å². The van der Waals surface area contributed by atoms with Crippen LogP contribution in [-0.2, 0) is 9.53 Å². The van der Waals surface area contributed by atoms with Crippen molar-refractivity contribution in [3.05, 3.63) is 11.6 Å². The average Bonchev–Trinajstić information content (AvgIpc) is 3.12. The summed E-state index contributed by atoms with van der Waals surface area (Å²) < 4.78 is 5.76. The summed E-state index contributed by atoms with van der Waals surface area (Å²) in [4.78, 5) is 11.8. The Morgan fingerprint density at radius 1 is 0.969 bits per heavy atom. The molecule has 0 aromatic rings. The van der Waals surface area contributed by atoms with Gasteiger partial charge in [-0.3, -0.25) is 4.79 Å². The molecule has 32 heavy (non-hydrogen) atoms. The molecule has 4 aliphatic carbocycles. The van der Waals surface area contributed by atoms with Gasteiger partial charge in [0.1, 0.15) is 6.10 Å². The smallest absolute Gasteiger partial charge is 0.305 e. The molecule has 182 valence electrons. The molecule has 0 bridgehead atoms. The number of rotatable bonds is 9. The van der Waals surface area contributed by atoms with Crippen molar-refractivity contribution in [2.24, 2.45) is 34.5 Å². The van der Waals surface area contributed by atoms with E-state index >= 15 is 0 Å². The maximum atomic E-state index is 11.8. The van der Waals surface area contributed by atoms with E-state index in [4.69, 9.17) is 4.74 Å². The van der Waals surface area contributed by atoms with Gasteiger partial charge in [0, 0.05) is 12.8 Å². The largest absolute Gasteiger partial charge is 0.462 e. The van der Waals surface area contributed by atoms with E-state index in [1.54, 1.807) is 5.57 Å². The molecule has 3 saturated carbocycles. The summed E-state index contributed by atoms with van der Waals surface area (Å²) in [6.45, 7) is 9.47. The van der Waals surface area contributed by atoms with Gasteiger partial charge in [-0.1, -0.05) is 77.9 Å². The minimum Gasteiger partial charge on any atom is -0.462 e. The van der Waals surface area contributed by atoms with E-state index in [1.165, 1.54) is 83.5 Å². The first-order valence-corrected chi connectivity index (χ1v) is 14.3. The summed E-state index contributed by atoms with van der Waals surface area (Å²) in [5.41, 5.74) is 2.58. The molecule has 2 heteroatoms. The standard InChI is InChI=1S/C30H50O2/c1-5-7-8-9-10-11-12-22-14-16-26-25-15-13-23-21-24(32-28(31)6-2)17-19-30(23,4)27(25)18-20-29(22,26)3/h13,22,24-27H,5-12,14-21H2,1-4H3/t22-,24-,25+,26-,27+,29+,30-/m0/s1. The van der Waals surface area contributed by atoms with Crippen molar-refractivity contribution < 1.29 is 9.53 Å². The van der Waals surface area contributed by atoms with Crippen molar-refractivity contribution in [2.45, 2.75) is 137 Å². The van der Waals surface area contributed by atoms with Gasteiger partial charge in [-0.25, -0.2) is 0 Å². The zero-order valence-electron chi connectivity index (χ0n) is 21.6. The number of fused-ring (bicyclic) bond motifs is 5. The Bertz CT molecular complexity index is 680. The second kappa shape index (κ2) is 10.2. The zero-order valence-corrected chi connectivity index (χ0v) is 21.6. The fourth-order valence-electron chi connectivity index (χ4n) is 8.75. The predicted molar refractivity (Wildman–Crippen MR) is 133 cm³/mol. The van der Waals surface area contributed by atoms with E-state index in [0.717, 1.165) is 36.5 Å². The molecular weight excluding hydrogens is 392 g/mol. The molecule has 7 atom stereocenters. The van der Waals surface area contributed by atoms with Crippen molar-refractivity contribution in [3.63, 3.8) is 0 Å². The highest BCUT2D eigenvalue weighted by atomic mass is 16.5. The number of carbonyl (C=O) groups excluding carboxylic acids is 1. The monoisotopic (exact) mass is 442 g/mol. The van der Waals surface area contributed by atoms with Gasteiger partial charge in [0.2, 0.25) is 0 Å². The van der Waals surface area contributed by atoms with Crippen molar-refractivity contribution >= 4 is 5.97 Å². The zero-order chi connectivity index (χ0) is 22.8. The third-order valence-electron chi connectivity index (χ3n) is 10.7. The second-order valence-electron chi connectivity index (χ2n) is 12.3. The van der Waals surface area contributed by atoms with Crippen LogP contribution in [0.1, 0.15) is 130 Å². The van der Waals surface area contributed by atoms with Crippen LogP contribution in [0.15, 0.2) is 11.6 Å². The molecule has 0 radical (unpaired) electrons. The minimum atomic E-state index is -0.0244. The van der Waals surface area contributed by atoms with Gasteiger partial charge in [0.25, 0.3) is 0 Å². The molecule has 0 unspecified atom stereocenters. The Balaban J connectivity index is 1.38. The summed E-state index contributed by atoms with van der Waals surface area (Å²) in [5.74, 6) is 3.64. The number of hydrogen-bond donors (Lipinski definition) is 0. The summed E-state index contributed by atoms with van der Waals surface area (Å²) in [5, 5.41) is 0. The number of hydrogen-bond acceptors (Lipinski definition) is 2. The molecule has 0 amide bonds. The second-order valence-corrected chi connectivity index (χ2v) is 12.3. The molecular formula is C30H50O2. The summed E-state index contributed by atoms with van der Waals surface area (Å²) in [6, 6.07) is 0. The van der Waals surface area contributed by atoms with Gasteiger partial charge < -0.3 is 4.74 Å². The average molecular weight is 443 g/mol. The molecule has 2 nitrogen and oxygen atoms in total. The van der Waals surface area contributed by atoms with E-state index < -0.39 is 0 Å². The van der Waals surface area contributed by atoms with Gasteiger partial charge in [0.05, 0.1) is 0 Å². The van der Waals surface area contributed by atoms with Gasteiger partial charge in [0.15, 0.2) is 0 Å². The SMILES string of the molecule is CCCCCCCC[C@H]1CC[C@H]2[C@H]3CC=C4C[C@@H](OC(=O)CC)CC[C@]4(C)[C@@H]3CC[C@]12C. The Kier molecular flexibility index (Phi) is 7.78. The van der Waals surface area contributed by atoms with Crippen LogP contribution in [0.2, 0.25) is 0 Å². The van der Waals surface area contributed by atoms with Crippen LogP contribution in [0.3, 0.4) is 0 Å². The summed E-state index contributed by atoms with van der Waals surface area (Å²) >= 11 is 0. The molecule has 3 fully saturated rings. The topological polar surface area (TPSA) is 26.3 Å². The first-order valence-electron chi connectivity index (χ1n) is 14.3. The van der Waals surface area contributed by atoms with Crippen molar-refractivity contribution in [3.8, 4) is 0 Å². The van der Waals surface area contributed by atoms with E-state index in [2.05, 4.69) is 26.8 Å². The number of carbonyl (C=O) groups is 1. The van der Waals surface area contributed by atoms with Crippen LogP contribution in [0.4, 0.5) is 0 Å². The lowest BCUT2D eigenvalue weighted by Gasteiger charge is -2.58. The van der Waals surface area contributed by atoms with Gasteiger partial charge in [-0.15, -0.1) is 0 Å². The van der Waals surface area contributed by atoms with Gasteiger partial charge in [-0.2, -0.15) is 0 Å². The fourth-order valence-corrected chi connectivity index (χ4v) is 8.75. The Labute approximate surface area is 198 Å². The summed E-state index contributed by atoms with van der Waals surface area (Å²) in [7, 11) is 0. The van der Waals surface area contributed by atoms with Crippen LogP contribution in [0, 0.1) is 34.5 Å². The van der Waals surface area contributed by atoms with E-state index in [1.807, 2.05) is 6.92 Å². The van der Waals surface area contributed by atoms with Crippen LogP contribution in [0.25, 0.3) is 0 Å². The maximum Gasteiger partial charge on any atom is 0.305 e. The lowest BCUT2D eigenvalue weighted by Crippen LogP contribution is -2.50.